The van der Waals surface area contributed by atoms with E-state index in [4.69, 9.17) is 5.73 Å². The van der Waals surface area contributed by atoms with Crippen molar-refractivity contribution in [3.05, 3.63) is 65.2 Å². The average Bonchev–Trinajstić information content (AvgIpc) is 2.53. The molecule has 0 aliphatic carbocycles. The van der Waals surface area contributed by atoms with Gasteiger partial charge in [0.05, 0.1) is 0 Å². The van der Waals surface area contributed by atoms with Crippen molar-refractivity contribution in [1.82, 2.24) is 9.80 Å². The van der Waals surface area contributed by atoms with E-state index < -0.39 is 0 Å². The van der Waals surface area contributed by atoms with Gasteiger partial charge in [-0.2, -0.15) is 0 Å². The van der Waals surface area contributed by atoms with E-state index in [1.54, 1.807) is 0 Å². The van der Waals surface area contributed by atoms with Gasteiger partial charge in [0.1, 0.15) is 0 Å². The molecule has 1 aliphatic heterocycles. The highest BCUT2D eigenvalue weighted by Gasteiger charge is 2.26. The van der Waals surface area contributed by atoms with E-state index in [-0.39, 0.29) is 0 Å². The second-order valence-electron chi connectivity index (χ2n) is 6.35. The number of anilines is 1. The molecule has 2 aromatic carbocycles. The maximum Gasteiger partial charge on any atom is 0.0479 e. The van der Waals surface area contributed by atoms with Crippen LogP contribution >= 0.6 is 0 Å². The molecular weight excluding hydrogens is 270 g/mol. The Hall–Kier alpha value is -1.84. The van der Waals surface area contributed by atoms with Gasteiger partial charge in [0.25, 0.3) is 0 Å². The Bertz CT molecular complexity index is 624. The number of hydrogen-bond donors (Lipinski definition) is 1. The predicted molar refractivity (Wildman–Crippen MR) is 92.7 cm³/mol. The number of nitrogens with two attached hydrogens (primary N) is 1. The lowest BCUT2D eigenvalue weighted by Crippen LogP contribution is -2.46. The van der Waals surface area contributed by atoms with E-state index in [2.05, 4.69) is 72.3 Å². The first-order valence-electron chi connectivity index (χ1n) is 7.96. The first-order valence-corrected chi connectivity index (χ1v) is 7.96. The summed E-state index contributed by atoms with van der Waals surface area (Å²) in [5.74, 6) is 0. The zero-order valence-electron chi connectivity index (χ0n) is 13.5. The van der Waals surface area contributed by atoms with Gasteiger partial charge in [0, 0.05) is 37.9 Å². The summed E-state index contributed by atoms with van der Waals surface area (Å²) in [5.41, 5.74) is 10.8. The molecule has 1 heterocycles. The van der Waals surface area contributed by atoms with Crippen LogP contribution in [-0.2, 0) is 6.54 Å². The molecule has 2 aromatic rings. The highest BCUT2D eigenvalue weighted by atomic mass is 15.3. The SMILES string of the molecule is Cc1ccc(CN2CCN(C)CC2c2ccccc2)cc1N. The molecule has 0 aromatic heterocycles. The summed E-state index contributed by atoms with van der Waals surface area (Å²) in [6, 6.07) is 17.7. The minimum Gasteiger partial charge on any atom is -0.399 e. The molecule has 1 aliphatic rings. The van der Waals surface area contributed by atoms with Gasteiger partial charge in [0.15, 0.2) is 0 Å². The molecule has 1 saturated heterocycles. The number of rotatable bonds is 3. The lowest BCUT2D eigenvalue weighted by atomic mass is 10.0. The molecule has 0 amide bonds. The van der Waals surface area contributed by atoms with Crippen LogP contribution < -0.4 is 5.73 Å². The Morgan fingerprint density at radius 3 is 2.59 bits per heavy atom. The van der Waals surface area contributed by atoms with E-state index in [0.29, 0.717) is 6.04 Å². The van der Waals surface area contributed by atoms with Crippen LogP contribution in [0, 0.1) is 6.92 Å². The summed E-state index contributed by atoms with van der Waals surface area (Å²) in [6.07, 6.45) is 0. The van der Waals surface area contributed by atoms with Crippen LogP contribution in [0.25, 0.3) is 0 Å². The van der Waals surface area contributed by atoms with E-state index in [9.17, 15) is 0 Å². The number of piperazine rings is 1. The fourth-order valence-electron chi connectivity index (χ4n) is 3.16. The molecule has 1 atom stereocenters. The zero-order chi connectivity index (χ0) is 15.5. The second-order valence-corrected chi connectivity index (χ2v) is 6.35. The normalized spacial score (nSPS) is 20.2. The molecule has 22 heavy (non-hydrogen) atoms. The molecule has 3 rings (SSSR count). The van der Waals surface area contributed by atoms with Crippen molar-refractivity contribution in [3.8, 4) is 0 Å². The van der Waals surface area contributed by atoms with Gasteiger partial charge in [-0.15, -0.1) is 0 Å². The summed E-state index contributed by atoms with van der Waals surface area (Å²) >= 11 is 0. The van der Waals surface area contributed by atoms with Crippen LogP contribution in [0.5, 0.6) is 0 Å². The van der Waals surface area contributed by atoms with Crippen LogP contribution in [0.15, 0.2) is 48.5 Å². The maximum absolute atomic E-state index is 6.07. The van der Waals surface area contributed by atoms with Crippen molar-refractivity contribution in [2.75, 3.05) is 32.4 Å². The van der Waals surface area contributed by atoms with E-state index >= 15 is 0 Å². The molecule has 2 N–H and O–H groups in total. The molecule has 3 nitrogen and oxygen atoms in total. The quantitative estimate of drug-likeness (QED) is 0.883. The molecule has 116 valence electrons. The van der Waals surface area contributed by atoms with Gasteiger partial charge < -0.3 is 10.6 Å². The van der Waals surface area contributed by atoms with Crippen LogP contribution in [0.4, 0.5) is 5.69 Å². The van der Waals surface area contributed by atoms with Crippen molar-refractivity contribution in [3.63, 3.8) is 0 Å². The largest absolute Gasteiger partial charge is 0.399 e. The monoisotopic (exact) mass is 295 g/mol. The summed E-state index contributed by atoms with van der Waals surface area (Å²) in [7, 11) is 2.21. The van der Waals surface area contributed by atoms with Crippen molar-refractivity contribution >= 4 is 5.69 Å². The molecule has 0 saturated carbocycles. The molecule has 0 spiro atoms. The number of nitrogen functional groups attached to an aromatic ring is 1. The smallest absolute Gasteiger partial charge is 0.0479 e. The fourth-order valence-corrected chi connectivity index (χ4v) is 3.16. The van der Waals surface area contributed by atoms with E-state index in [1.165, 1.54) is 11.1 Å². The second kappa shape index (κ2) is 6.51. The van der Waals surface area contributed by atoms with Crippen LogP contribution in [0.3, 0.4) is 0 Å². The third kappa shape index (κ3) is 3.32. The molecule has 0 radical (unpaired) electrons. The predicted octanol–water partition coefficient (Wildman–Crippen LogP) is 3.07. The third-order valence-corrected chi connectivity index (χ3v) is 4.61. The lowest BCUT2D eigenvalue weighted by molar-refractivity contribution is 0.0834. The number of benzene rings is 2. The van der Waals surface area contributed by atoms with E-state index in [0.717, 1.165) is 37.4 Å². The fraction of sp³-hybridized carbons (Fsp3) is 0.368. The first kappa shape index (κ1) is 15.1. The van der Waals surface area contributed by atoms with Crippen molar-refractivity contribution in [2.24, 2.45) is 0 Å². The van der Waals surface area contributed by atoms with Gasteiger partial charge in [-0.05, 0) is 36.7 Å². The third-order valence-electron chi connectivity index (χ3n) is 4.61. The highest BCUT2D eigenvalue weighted by molar-refractivity contribution is 5.48. The summed E-state index contributed by atoms with van der Waals surface area (Å²) in [6.45, 7) is 6.29. The standard InChI is InChI=1S/C19H25N3/c1-15-8-9-16(12-18(15)20)13-22-11-10-21(2)14-19(22)17-6-4-3-5-7-17/h3-9,12,19H,10-11,13-14,20H2,1-2H3. The van der Waals surface area contributed by atoms with Gasteiger partial charge in [0.2, 0.25) is 0 Å². The van der Waals surface area contributed by atoms with Gasteiger partial charge in [-0.3, -0.25) is 4.90 Å². The minimum atomic E-state index is 0.447. The van der Waals surface area contributed by atoms with Crippen LogP contribution in [-0.4, -0.2) is 36.5 Å². The Balaban J connectivity index is 1.82. The number of hydrogen-bond acceptors (Lipinski definition) is 3. The molecular formula is C19H25N3. The molecule has 0 bridgehead atoms. The summed E-state index contributed by atoms with van der Waals surface area (Å²) < 4.78 is 0. The summed E-state index contributed by atoms with van der Waals surface area (Å²) in [4.78, 5) is 4.98. The van der Waals surface area contributed by atoms with Gasteiger partial charge in [-0.25, -0.2) is 0 Å². The molecule has 1 fully saturated rings. The maximum atomic E-state index is 6.07. The van der Waals surface area contributed by atoms with Gasteiger partial charge >= 0.3 is 0 Å². The number of nitrogens with zero attached hydrogens (tertiary/aromatic N) is 2. The van der Waals surface area contributed by atoms with Crippen molar-refractivity contribution in [1.29, 1.82) is 0 Å². The van der Waals surface area contributed by atoms with Crippen LogP contribution in [0.1, 0.15) is 22.7 Å². The Morgan fingerprint density at radius 1 is 1.09 bits per heavy atom. The Morgan fingerprint density at radius 2 is 1.86 bits per heavy atom. The number of likely N-dealkylation sites (N-methyl/N-ethyl adjacent to an activating group) is 1. The van der Waals surface area contributed by atoms with Crippen molar-refractivity contribution < 1.29 is 0 Å². The van der Waals surface area contributed by atoms with Crippen LogP contribution in [0.2, 0.25) is 0 Å². The highest BCUT2D eigenvalue weighted by Crippen LogP contribution is 2.27. The molecule has 3 heteroatoms. The topological polar surface area (TPSA) is 32.5 Å². The number of aryl methyl sites for hydroxylation is 1. The van der Waals surface area contributed by atoms with Crippen molar-refractivity contribution in [2.45, 2.75) is 19.5 Å². The van der Waals surface area contributed by atoms with Gasteiger partial charge in [-0.1, -0.05) is 42.5 Å². The molecule has 1 unspecified atom stereocenters. The lowest BCUT2D eigenvalue weighted by Gasteiger charge is -2.40. The average molecular weight is 295 g/mol. The first-order chi connectivity index (χ1) is 10.6. The zero-order valence-corrected chi connectivity index (χ0v) is 13.5. The van der Waals surface area contributed by atoms with E-state index in [1.807, 2.05) is 0 Å². The Labute approximate surface area is 133 Å². The summed E-state index contributed by atoms with van der Waals surface area (Å²) in [5, 5.41) is 0. The Kier molecular flexibility index (Phi) is 4.46. The minimum absolute atomic E-state index is 0.447.